The molecule has 0 aliphatic heterocycles. The van der Waals surface area contributed by atoms with Crippen LogP contribution in [0.4, 0.5) is 0 Å². The van der Waals surface area contributed by atoms with Gasteiger partial charge in [0.05, 0.1) is 16.1 Å². The molecule has 0 bridgehead atoms. The Hall–Kier alpha value is -1.000. The minimum absolute atomic E-state index is 0.316. The van der Waals surface area contributed by atoms with Crippen LogP contribution in [0, 0.1) is 0 Å². The molecule has 2 aromatic rings. The van der Waals surface area contributed by atoms with Crippen LogP contribution in [-0.2, 0) is 0 Å². The van der Waals surface area contributed by atoms with Crippen molar-refractivity contribution in [2.24, 2.45) is 0 Å². The van der Waals surface area contributed by atoms with E-state index in [0.717, 1.165) is 20.3 Å². The summed E-state index contributed by atoms with van der Waals surface area (Å²) in [6.45, 7) is 8.54. The largest absolute Gasteiger partial charge is 0.507 e. The molecule has 2 aromatic carbocycles. The number of phenolic OH excluding ortho intramolecular Hbond substituents is 1. The number of aromatic hydroxyl groups is 1. The molecule has 0 aliphatic rings. The second kappa shape index (κ2) is 9.33. The highest BCUT2D eigenvalue weighted by atomic mass is 79.9. The standard InChI is InChI=1S/C10H13BrO.C9H11BrO/c1-7(2)8-4-5-9(11)10(6-8)12-3;1-6(2)7-3-4-8(10)9(11)5-7/h4-7H,1-3H3;3-6,11H,1-2H3. The number of benzene rings is 2. The lowest BCUT2D eigenvalue weighted by atomic mass is 10.0. The Balaban J connectivity index is 0.000000231. The van der Waals surface area contributed by atoms with Gasteiger partial charge in [0.15, 0.2) is 0 Å². The van der Waals surface area contributed by atoms with Gasteiger partial charge in [-0.3, -0.25) is 0 Å². The van der Waals surface area contributed by atoms with Gasteiger partial charge in [-0.2, -0.15) is 0 Å². The Kier molecular flexibility index (Phi) is 8.13. The average molecular weight is 444 g/mol. The van der Waals surface area contributed by atoms with Crippen LogP contribution in [0.25, 0.3) is 0 Å². The highest BCUT2D eigenvalue weighted by Gasteiger charge is 2.04. The van der Waals surface area contributed by atoms with Crippen LogP contribution < -0.4 is 4.74 Å². The van der Waals surface area contributed by atoms with Gasteiger partial charge in [-0.05, 0) is 79.1 Å². The number of ether oxygens (including phenoxy) is 1. The van der Waals surface area contributed by atoms with Crippen molar-refractivity contribution < 1.29 is 9.84 Å². The molecule has 0 atom stereocenters. The maximum absolute atomic E-state index is 9.30. The lowest BCUT2D eigenvalue weighted by Gasteiger charge is -2.08. The van der Waals surface area contributed by atoms with Crippen LogP contribution in [0.3, 0.4) is 0 Å². The number of phenols is 1. The molecule has 0 fully saturated rings. The number of methoxy groups -OCH3 is 1. The SMILES string of the molecule is CC(C)c1ccc(Br)c(O)c1.COc1cc(C(C)C)ccc1Br. The summed E-state index contributed by atoms with van der Waals surface area (Å²) in [6.07, 6.45) is 0. The van der Waals surface area contributed by atoms with Crippen molar-refractivity contribution in [1.29, 1.82) is 0 Å². The van der Waals surface area contributed by atoms with Crippen molar-refractivity contribution in [3.63, 3.8) is 0 Å². The first-order valence-corrected chi connectivity index (χ1v) is 9.16. The van der Waals surface area contributed by atoms with E-state index in [1.165, 1.54) is 5.56 Å². The van der Waals surface area contributed by atoms with E-state index < -0.39 is 0 Å². The quantitative estimate of drug-likeness (QED) is 0.561. The highest BCUT2D eigenvalue weighted by molar-refractivity contribution is 9.10. The Morgan fingerprint density at radius 1 is 0.826 bits per heavy atom. The number of rotatable bonds is 3. The molecule has 2 nitrogen and oxygen atoms in total. The third kappa shape index (κ3) is 6.19. The summed E-state index contributed by atoms with van der Waals surface area (Å²) in [6, 6.07) is 11.9. The van der Waals surface area contributed by atoms with Crippen molar-refractivity contribution >= 4 is 31.9 Å². The summed E-state index contributed by atoms with van der Waals surface area (Å²) in [5.74, 6) is 2.23. The van der Waals surface area contributed by atoms with E-state index in [1.807, 2.05) is 18.2 Å². The summed E-state index contributed by atoms with van der Waals surface area (Å²) >= 11 is 6.64. The first-order chi connectivity index (χ1) is 10.8. The van der Waals surface area contributed by atoms with Gasteiger partial charge in [-0.1, -0.05) is 39.8 Å². The molecule has 0 saturated carbocycles. The first-order valence-electron chi connectivity index (χ1n) is 7.58. The van der Waals surface area contributed by atoms with Crippen molar-refractivity contribution in [3.05, 3.63) is 56.5 Å². The van der Waals surface area contributed by atoms with Crippen LogP contribution in [0.5, 0.6) is 11.5 Å². The third-order valence-electron chi connectivity index (χ3n) is 3.48. The molecule has 0 amide bonds. The minimum atomic E-state index is 0.316. The molecule has 0 unspecified atom stereocenters. The monoisotopic (exact) mass is 442 g/mol. The second-order valence-corrected chi connectivity index (χ2v) is 7.62. The van der Waals surface area contributed by atoms with E-state index in [4.69, 9.17) is 4.74 Å². The second-order valence-electron chi connectivity index (χ2n) is 5.91. The third-order valence-corrected chi connectivity index (χ3v) is 4.80. The van der Waals surface area contributed by atoms with E-state index in [2.05, 4.69) is 71.7 Å². The molecule has 0 saturated heterocycles. The fourth-order valence-electron chi connectivity index (χ4n) is 1.92. The molecular weight excluding hydrogens is 420 g/mol. The van der Waals surface area contributed by atoms with Gasteiger partial charge in [0.1, 0.15) is 11.5 Å². The van der Waals surface area contributed by atoms with E-state index in [9.17, 15) is 5.11 Å². The Bertz CT molecular complexity index is 637. The van der Waals surface area contributed by atoms with Gasteiger partial charge in [0, 0.05) is 0 Å². The van der Waals surface area contributed by atoms with Crippen molar-refractivity contribution in [2.45, 2.75) is 39.5 Å². The van der Waals surface area contributed by atoms with Gasteiger partial charge in [-0.25, -0.2) is 0 Å². The molecule has 0 aromatic heterocycles. The molecule has 23 heavy (non-hydrogen) atoms. The number of hydrogen-bond donors (Lipinski definition) is 1. The van der Waals surface area contributed by atoms with Gasteiger partial charge < -0.3 is 9.84 Å². The van der Waals surface area contributed by atoms with Crippen LogP contribution in [0.2, 0.25) is 0 Å². The Morgan fingerprint density at radius 3 is 1.74 bits per heavy atom. The summed E-state index contributed by atoms with van der Waals surface area (Å²) in [7, 11) is 1.68. The number of hydrogen-bond acceptors (Lipinski definition) is 2. The topological polar surface area (TPSA) is 29.5 Å². The van der Waals surface area contributed by atoms with Crippen LogP contribution in [0.1, 0.15) is 50.7 Å². The van der Waals surface area contributed by atoms with E-state index in [-0.39, 0.29) is 0 Å². The van der Waals surface area contributed by atoms with Gasteiger partial charge in [0.25, 0.3) is 0 Å². The lowest BCUT2D eigenvalue weighted by molar-refractivity contribution is 0.411. The van der Waals surface area contributed by atoms with Crippen molar-refractivity contribution in [2.75, 3.05) is 7.11 Å². The predicted molar refractivity (Wildman–Crippen MR) is 105 cm³/mol. The zero-order valence-corrected chi connectivity index (χ0v) is 17.4. The van der Waals surface area contributed by atoms with E-state index >= 15 is 0 Å². The molecule has 0 aliphatic carbocycles. The van der Waals surface area contributed by atoms with E-state index in [0.29, 0.717) is 17.6 Å². The summed E-state index contributed by atoms with van der Waals surface area (Å²) in [5, 5.41) is 9.30. The predicted octanol–water partition coefficient (Wildman–Crippen LogP) is 6.86. The Morgan fingerprint density at radius 2 is 1.30 bits per heavy atom. The fourth-order valence-corrected chi connectivity index (χ4v) is 2.58. The molecule has 4 heteroatoms. The fraction of sp³-hybridized carbons (Fsp3) is 0.368. The maximum Gasteiger partial charge on any atom is 0.133 e. The average Bonchev–Trinajstić information content (AvgIpc) is 2.50. The number of halogens is 2. The van der Waals surface area contributed by atoms with Crippen molar-refractivity contribution in [3.8, 4) is 11.5 Å². The maximum atomic E-state index is 9.30. The highest BCUT2D eigenvalue weighted by Crippen LogP contribution is 2.28. The van der Waals surface area contributed by atoms with Gasteiger partial charge in [0.2, 0.25) is 0 Å². The zero-order chi connectivity index (χ0) is 17.6. The van der Waals surface area contributed by atoms with Crippen molar-refractivity contribution in [1.82, 2.24) is 0 Å². The molecule has 126 valence electrons. The van der Waals surface area contributed by atoms with E-state index in [1.54, 1.807) is 13.2 Å². The summed E-state index contributed by atoms with van der Waals surface area (Å²) in [4.78, 5) is 0. The molecule has 0 heterocycles. The zero-order valence-electron chi connectivity index (χ0n) is 14.2. The van der Waals surface area contributed by atoms with Gasteiger partial charge >= 0.3 is 0 Å². The van der Waals surface area contributed by atoms with Crippen LogP contribution >= 0.6 is 31.9 Å². The molecule has 0 spiro atoms. The van der Waals surface area contributed by atoms with Gasteiger partial charge in [-0.15, -0.1) is 0 Å². The van der Waals surface area contributed by atoms with Crippen LogP contribution in [-0.4, -0.2) is 12.2 Å². The molecule has 0 radical (unpaired) electrons. The summed E-state index contributed by atoms with van der Waals surface area (Å²) in [5.41, 5.74) is 2.46. The molecule has 1 N–H and O–H groups in total. The first kappa shape index (κ1) is 20.0. The van der Waals surface area contributed by atoms with Crippen LogP contribution in [0.15, 0.2) is 45.3 Å². The smallest absolute Gasteiger partial charge is 0.133 e. The molecular formula is C19H24Br2O2. The lowest BCUT2D eigenvalue weighted by Crippen LogP contribution is -1.90. The Labute approximate surface area is 156 Å². The minimum Gasteiger partial charge on any atom is -0.507 e. The normalized spacial score (nSPS) is 10.5. The molecule has 2 rings (SSSR count). The summed E-state index contributed by atoms with van der Waals surface area (Å²) < 4.78 is 6.95.